The molecule has 0 amide bonds. The highest BCUT2D eigenvalue weighted by Gasteiger charge is 2.42. The number of hydrogen-bond donors (Lipinski definition) is 1. The van der Waals surface area contributed by atoms with Gasteiger partial charge >= 0.3 is 0 Å². The van der Waals surface area contributed by atoms with E-state index in [4.69, 9.17) is 4.74 Å². The number of aliphatic hydroxyl groups is 1. The summed E-state index contributed by atoms with van der Waals surface area (Å²) in [6.07, 6.45) is 9.60. The lowest BCUT2D eigenvalue weighted by molar-refractivity contribution is -0.167. The zero-order valence-corrected chi connectivity index (χ0v) is 24.5. The second-order valence-corrected chi connectivity index (χ2v) is 12.0. The number of rotatable bonds is 9. The highest BCUT2D eigenvalue weighted by Crippen LogP contribution is 2.38. The number of nitrogens with zero attached hydrogens (tertiary/aromatic N) is 5. The van der Waals surface area contributed by atoms with Crippen molar-refractivity contribution in [2.45, 2.75) is 102 Å². The van der Waals surface area contributed by atoms with Crippen molar-refractivity contribution in [1.82, 2.24) is 19.2 Å². The van der Waals surface area contributed by atoms with Crippen LogP contribution in [0.3, 0.4) is 0 Å². The molecule has 2 saturated carbocycles. The third kappa shape index (κ3) is 5.28. The van der Waals surface area contributed by atoms with Gasteiger partial charge in [-0.2, -0.15) is 15.3 Å². The molecule has 1 atom stereocenters. The number of ether oxygens (including phenoxy) is 1. The number of aromatic nitrogens is 4. The molecule has 0 bridgehead atoms. The lowest BCUT2D eigenvalue weighted by Gasteiger charge is -2.43. The molecule has 42 heavy (non-hydrogen) atoms. The summed E-state index contributed by atoms with van der Waals surface area (Å²) in [7, 11) is 0. The summed E-state index contributed by atoms with van der Waals surface area (Å²) in [4.78, 5) is 18.8. The van der Waals surface area contributed by atoms with Crippen LogP contribution in [-0.2, 0) is 17.6 Å². The van der Waals surface area contributed by atoms with Gasteiger partial charge in [-0.25, -0.2) is 4.52 Å². The third-order valence-corrected chi connectivity index (χ3v) is 9.39. The van der Waals surface area contributed by atoms with E-state index in [-0.39, 0.29) is 23.8 Å². The predicted molar refractivity (Wildman–Crippen MR) is 161 cm³/mol. The minimum absolute atomic E-state index is 0.0133. The molecule has 0 spiro atoms. The van der Waals surface area contributed by atoms with Crippen molar-refractivity contribution in [2.75, 3.05) is 0 Å². The average Bonchev–Trinajstić information content (AvgIpc) is 3.48. The Kier molecular flexibility index (Phi) is 7.98. The molecule has 1 N–H and O–H groups in total. The molecule has 2 fully saturated rings. The SMILES string of the molecule is CCCc1c(Cc2ccc(-c3ccccc3C#N)cc2)c(=O)n([C@H]2CC[C@H](OC(C)C3(O)CCC3)CC2)c2ncnn12. The van der Waals surface area contributed by atoms with Gasteiger partial charge in [0.2, 0.25) is 5.78 Å². The number of nitriles is 1. The molecule has 2 aromatic carbocycles. The quantitative estimate of drug-likeness (QED) is 0.276. The van der Waals surface area contributed by atoms with E-state index in [1.807, 2.05) is 64.5 Å². The first-order valence-electron chi connectivity index (χ1n) is 15.3. The van der Waals surface area contributed by atoms with Crippen molar-refractivity contribution in [3.05, 3.63) is 87.6 Å². The number of benzene rings is 2. The fourth-order valence-electron chi connectivity index (χ4n) is 6.72. The van der Waals surface area contributed by atoms with Gasteiger partial charge in [-0.15, -0.1) is 0 Å². The molecular formula is C34H39N5O3. The van der Waals surface area contributed by atoms with Gasteiger partial charge in [-0.05, 0) is 81.0 Å². The van der Waals surface area contributed by atoms with E-state index >= 15 is 0 Å². The second-order valence-electron chi connectivity index (χ2n) is 12.0. The molecule has 218 valence electrons. The number of fused-ring (bicyclic) bond motifs is 1. The first kappa shape index (κ1) is 28.3. The van der Waals surface area contributed by atoms with Crippen LogP contribution >= 0.6 is 0 Å². The van der Waals surface area contributed by atoms with E-state index in [2.05, 4.69) is 23.1 Å². The Hall–Kier alpha value is -3.80. The van der Waals surface area contributed by atoms with Crippen LogP contribution in [0.1, 0.15) is 93.6 Å². The van der Waals surface area contributed by atoms with Gasteiger partial charge in [0.05, 0.1) is 35.1 Å². The molecule has 6 rings (SSSR count). The maximum absolute atomic E-state index is 14.3. The van der Waals surface area contributed by atoms with Gasteiger partial charge in [0, 0.05) is 18.0 Å². The molecule has 0 saturated heterocycles. The Labute approximate surface area is 246 Å². The molecular weight excluding hydrogens is 526 g/mol. The fraction of sp³-hybridized carbons (Fsp3) is 0.471. The molecule has 2 aliphatic carbocycles. The minimum atomic E-state index is -0.678. The van der Waals surface area contributed by atoms with E-state index in [1.54, 1.807) is 6.33 Å². The summed E-state index contributed by atoms with van der Waals surface area (Å²) in [5, 5.41) is 24.8. The summed E-state index contributed by atoms with van der Waals surface area (Å²) in [5.74, 6) is 0.608. The van der Waals surface area contributed by atoms with Crippen LogP contribution in [0.4, 0.5) is 0 Å². The highest BCUT2D eigenvalue weighted by molar-refractivity contribution is 5.70. The van der Waals surface area contributed by atoms with Crippen LogP contribution in [-0.4, -0.2) is 42.1 Å². The van der Waals surface area contributed by atoms with Crippen LogP contribution < -0.4 is 5.56 Å². The Morgan fingerprint density at radius 1 is 1.12 bits per heavy atom. The lowest BCUT2D eigenvalue weighted by Crippen LogP contribution is -2.49. The Balaban J connectivity index is 1.28. The fourth-order valence-corrected chi connectivity index (χ4v) is 6.72. The van der Waals surface area contributed by atoms with Crippen molar-refractivity contribution >= 4 is 5.78 Å². The summed E-state index contributed by atoms with van der Waals surface area (Å²) < 4.78 is 10.0. The predicted octanol–water partition coefficient (Wildman–Crippen LogP) is 5.78. The lowest BCUT2D eigenvalue weighted by atomic mass is 9.76. The molecule has 1 unspecified atom stereocenters. The summed E-state index contributed by atoms with van der Waals surface area (Å²) in [6, 6.07) is 18.0. The topological polar surface area (TPSA) is 105 Å². The van der Waals surface area contributed by atoms with Gasteiger partial charge in [0.15, 0.2) is 0 Å². The van der Waals surface area contributed by atoms with Gasteiger partial charge in [0.25, 0.3) is 5.56 Å². The molecule has 4 aromatic rings. The van der Waals surface area contributed by atoms with Gasteiger partial charge in [0.1, 0.15) is 6.33 Å². The zero-order chi connectivity index (χ0) is 29.3. The Morgan fingerprint density at radius 3 is 2.52 bits per heavy atom. The van der Waals surface area contributed by atoms with Crippen LogP contribution in [0.15, 0.2) is 59.7 Å². The van der Waals surface area contributed by atoms with Crippen LogP contribution in [0.25, 0.3) is 16.9 Å². The highest BCUT2D eigenvalue weighted by atomic mass is 16.5. The van der Waals surface area contributed by atoms with E-state index in [9.17, 15) is 15.2 Å². The van der Waals surface area contributed by atoms with Crippen molar-refractivity contribution in [2.24, 2.45) is 0 Å². The van der Waals surface area contributed by atoms with Crippen molar-refractivity contribution in [3.63, 3.8) is 0 Å². The molecule has 0 radical (unpaired) electrons. The standard InChI is InChI=1S/C34H39N5O3/c1-3-7-31-30(20-24-10-12-25(13-11-24)29-9-5-4-8-26(29)21-35)32(40)38(33-36-22-37-39(31)33)27-14-16-28(17-15-27)42-23(2)34(41)18-6-19-34/h4-5,8-13,22-23,27-28,41H,3,6-7,14-20H2,1-2H3/t23?,27-,28-. The maximum atomic E-state index is 14.3. The van der Waals surface area contributed by atoms with Crippen molar-refractivity contribution in [3.8, 4) is 17.2 Å². The monoisotopic (exact) mass is 565 g/mol. The van der Waals surface area contributed by atoms with Crippen molar-refractivity contribution in [1.29, 1.82) is 5.26 Å². The van der Waals surface area contributed by atoms with Crippen LogP contribution in [0.5, 0.6) is 0 Å². The first-order chi connectivity index (χ1) is 20.4. The first-order valence-corrected chi connectivity index (χ1v) is 15.3. The molecule has 8 heteroatoms. The van der Waals surface area contributed by atoms with E-state index in [0.29, 0.717) is 17.8 Å². The molecule has 2 aliphatic rings. The average molecular weight is 566 g/mol. The Morgan fingerprint density at radius 2 is 1.86 bits per heavy atom. The van der Waals surface area contributed by atoms with Crippen LogP contribution in [0, 0.1) is 11.3 Å². The number of aryl methyl sites for hydroxylation is 1. The molecule has 0 aliphatic heterocycles. The van der Waals surface area contributed by atoms with Crippen molar-refractivity contribution < 1.29 is 9.84 Å². The maximum Gasteiger partial charge on any atom is 0.259 e. The molecule has 8 nitrogen and oxygen atoms in total. The minimum Gasteiger partial charge on any atom is -0.387 e. The number of hydrogen-bond acceptors (Lipinski definition) is 6. The van der Waals surface area contributed by atoms with Crippen LogP contribution in [0.2, 0.25) is 0 Å². The van der Waals surface area contributed by atoms with E-state index < -0.39 is 5.60 Å². The third-order valence-electron chi connectivity index (χ3n) is 9.39. The smallest absolute Gasteiger partial charge is 0.259 e. The summed E-state index contributed by atoms with van der Waals surface area (Å²) in [6.45, 7) is 4.10. The summed E-state index contributed by atoms with van der Waals surface area (Å²) >= 11 is 0. The van der Waals surface area contributed by atoms with E-state index in [0.717, 1.165) is 85.7 Å². The Bertz CT molecular complexity index is 1650. The van der Waals surface area contributed by atoms with Gasteiger partial charge in [-0.1, -0.05) is 55.8 Å². The molecule has 2 heterocycles. The van der Waals surface area contributed by atoms with Gasteiger partial charge < -0.3 is 9.84 Å². The largest absolute Gasteiger partial charge is 0.387 e. The molecule has 2 aromatic heterocycles. The second kappa shape index (κ2) is 11.8. The normalized spacial score (nSPS) is 20.6. The zero-order valence-electron chi connectivity index (χ0n) is 24.5. The summed E-state index contributed by atoms with van der Waals surface area (Å²) in [5.41, 5.74) is 4.58. The van der Waals surface area contributed by atoms with E-state index in [1.165, 1.54) is 0 Å². The van der Waals surface area contributed by atoms with Gasteiger partial charge in [-0.3, -0.25) is 9.36 Å².